The van der Waals surface area contributed by atoms with E-state index in [2.05, 4.69) is 18.0 Å². The minimum atomic E-state index is 0.824. The first-order chi connectivity index (χ1) is 10.2. The van der Waals surface area contributed by atoms with E-state index in [0.717, 1.165) is 39.0 Å². The van der Waals surface area contributed by atoms with Crippen LogP contribution in [0.15, 0.2) is 53.1 Å². The average molecular weight is 274 g/mol. The number of hydrogen-bond acceptors (Lipinski definition) is 3. The fourth-order valence-corrected chi connectivity index (χ4v) is 2.65. The van der Waals surface area contributed by atoms with Gasteiger partial charge in [-0.2, -0.15) is 0 Å². The minimum absolute atomic E-state index is 0.824. The number of benzene rings is 1. The molecule has 4 rings (SSSR count). The lowest BCUT2D eigenvalue weighted by atomic mass is 10.1. The molecule has 0 fully saturated rings. The maximum absolute atomic E-state index is 5.86. The molecule has 0 aliphatic carbocycles. The van der Waals surface area contributed by atoms with Crippen molar-refractivity contribution in [2.24, 2.45) is 0 Å². The molecule has 0 radical (unpaired) electrons. The Morgan fingerprint density at radius 2 is 1.81 bits per heavy atom. The molecule has 0 spiro atoms. The predicted octanol–water partition coefficient (Wildman–Crippen LogP) is 4.66. The summed E-state index contributed by atoms with van der Waals surface area (Å²) in [5, 5.41) is 1.04. The first-order valence-corrected chi connectivity index (χ1v) is 6.94. The smallest absolute Gasteiger partial charge is 0.154 e. The summed E-state index contributed by atoms with van der Waals surface area (Å²) < 4.78 is 5.86. The topological polar surface area (TPSA) is 38.9 Å². The van der Waals surface area contributed by atoms with E-state index in [4.69, 9.17) is 9.40 Å². The third kappa shape index (κ3) is 1.89. The highest BCUT2D eigenvalue weighted by atomic mass is 16.3. The lowest BCUT2D eigenvalue weighted by Crippen LogP contribution is -1.92. The fraction of sp³-hybridized carbons (Fsp3) is 0.111. The average Bonchev–Trinajstić information content (AvgIpc) is 2.83. The maximum Gasteiger partial charge on any atom is 0.154 e. The quantitative estimate of drug-likeness (QED) is 0.506. The van der Waals surface area contributed by atoms with E-state index in [1.165, 1.54) is 5.56 Å². The van der Waals surface area contributed by atoms with Crippen molar-refractivity contribution in [1.82, 2.24) is 9.97 Å². The Hall–Kier alpha value is -2.68. The molecular formula is C18H14N2O. The van der Waals surface area contributed by atoms with Crippen LogP contribution in [0.25, 0.3) is 33.5 Å². The van der Waals surface area contributed by atoms with Crippen molar-refractivity contribution >= 4 is 22.1 Å². The number of aryl methyl sites for hydroxylation is 2. The molecule has 0 saturated heterocycles. The van der Waals surface area contributed by atoms with E-state index in [-0.39, 0.29) is 0 Å². The van der Waals surface area contributed by atoms with Crippen LogP contribution in [-0.4, -0.2) is 9.97 Å². The highest BCUT2D eigenvalue weighted by Gasteiger charge is 2.13. The van der Waals surface area contributed by atoms with E-state index in [0.29, 0.717) is 0 Å². The molecule has 21 heavy (non-hydrogen) atoms. The number of furan rings is 1. The van der Waals surface area contributed by atoms with Crippen LogP contribution in [0.3, 0.4) is 0 Å². The molecule has 0 aliphatic rings. The van der Waals surface area contributed by atoms with Gasteiger partial charge < -0.3 is 4.42 Å². The van der Waals surface area contributed by atoms with Crippen LogP contribution in [0.2, 0.25) is 0 Å². The van der Waals surface area contributed by atoms with Gasteiger partial charge in [-0.3, -0.25) is 4.98 Å². The van der Waals surface area contributed by atoms with Gasteiger partial charge in [-0.25, -0.2) is 4.98 Å². The van der Waals surface area contributed by atoms with Gasteiger partial charge in [0, 0.05) is 11.6 Å². The molecule has 0 unspecified atom stereocenters. The number of nitrogens with zero attached hydrogens (tertiary/aromatic N) is 2. The van der Waals surface area contributed by atoms with Crippen molar-refractivity contribution in [2.75, 3.05) is 0 Å². The third-order valence-corrected chi connectivity index (χ3v) is 3.70. The summed E-state index contributed by atoms with van der Waals surface area (Å²) in [6, 6.07) is 14.1. The molecule has 3 heterocycles. The number of rotatable bonds is 1. The van der Waals surface area contributed by atoms with Crippen molar-refractivity contribution in [3.05, 3.63) is 59.8 Å². The molecule has 0 amide bonds. The second-order valence-electron chi connectivity index (χ2n) is 5.32. The molecule has 1 aromatic carbocycles. The van der Waals surface area contributed by atoms with Crippen LogP contribution in [-0.2, 0) is 0 Å². The van der Waals surface area contributed by atoms with E-state index in [9.17, 15) is 0 Å². The van der Waals surface area contributed by atoms with Gasteiger partial charge in [0.15, 0.2) is 5.58 Å². The molecule has 102 valence electrons. The Morgan fingerprint density at radius 1 is 0.952 bits per heavy atom. The Bertz CT molecular complexity index is 969. The summed E-state index contributed by atoms with van der Waals surface area (Å²) >= 11 is 0. The zero-order valence-corrected chi connectivity index (χ0v) is 11.9. The van der Waals surface area contributed by atoms with Crippen molar-refractivity contribution in [3.63, 3.8) is 0 Å². The highest BCUT2D eigenvalue weighted by molar-refractivity contribution is 6.03. The van der Waals surface area contributed by atoms with Crippen LogP contribution in [0.5, 0.6) is 0 Å². The van der Waals surface area contributed by atoms with Gasteiger partial charge in [-0.1, -0.05) is 12.1 Å². The molecule has 0 N–H and O–H groups in total. The standard InChI is InChI=1S/C18H14N2O/c1-11-7-8-19-14(9-11)17-12(2)10-16-18(20-17)13-5-3-4-6-15(13)21-16/h3-10H,1-2H3. The van der Waals surface area contributed by atoms with Crippen LogP contribution in [0, 0.1) is 13.8 Å². The molecular weight excluding hydrogens is 260 g/mol. The first-order valence-electron chi connectivity index (χ1n) is 6.94. The zero-order chi connectivity index (χ0) is 14.4. The molecule has 3 heteroatoms. The number of fused-ring (bicyclic) bond motifs is 3. The van der Waals surface area contributed by atoms with Crippen molar-refractivity contribution < 1.29 is 4.42 Å². The normalized spacial score (nSPS) is 11.3. The number of hydrogen-bond donors (Lipinski definition) is 0. The Morgan fingerprint density at radius 3 is 2.67 bits per heavy atom. The summed E-state index contributed by atoms with van der Waals surface area (Å²) in [6.45, 7) is 4.10. The Balaban J connectivity index is 2.05. The van der Waals surface area contributed by atoms with Crippen LogP contribution in [0.4, 0.5) is 0 Å². The number of pyridine rings is 2. The molecule has 0 aliphatic heterocycles. The van der Waals surface area contributed by atoms with Gasteiger partial charge in [0.2, 0.25) is 0 Å². The van der Waals surface area contributed by atoms with Crippen LogP contribution >= 0.6 is 0 Å². The zero-order valence-electron chi connectivity index (χ0n) is 11.9. The highest BCUT2D eigenvalue weighted by Crippen LogP contribution is 2.31. The SMILES string of the molecule is Cc1ccnc(-c2nc3c(cc2C)oc2ccccc23)c1. The number of para-hydroxylation sites is 1. The van der Waals surface area contributed by atoms with Crippen LogP contribution in [0.1, 0.15) is 11.1 Å². The summed E-state index contributed by atoms with van der Waals surface area (Å²) in [7, 11) is 0. The van der Waals surface area contributed by atoms with Gasteiger partial charge in [-0.05, 0) is 55.3 Å². The van der Waals surface area contributed by atoms with Gasteiger partial charge in [0.05, 0.1) is 11.4 Å². The summed E-state index contributed by atoms with van der Waals surface area (Å²) in [6.07, 6.45) is 1.82. The molecule has 0 bridgehead atoms. The van der Waals surface area contributed by atoms with Gasteiger partial charge in [0.25, 0.3) is 0 Å². The van der Waals surface area contributed by atoms with E-state index >= 15 is 0 Å². The fourth-order valence-electron chi connectivity index (χ4n) is 2.65. The van der Waals surface area contributed by atoms with Gasteiger partial charge in [-0.15, -0.1) is 0 Å². The van der Waals surface area contributed by atoms with E-state index in [1.807, 2.05) is 49.5 Å². The number of aromatic nitrogens is 2. The predicted molar refractivity (Wildman–Crippen MR) is 84.2 cm³/mol. The second-order valence-corrected chi connectivity index (χ2v) is 5.32. The van der Waals surface area contributed by atoms with Crippen molar-refractivity contribution in [1.29, 1.82) is 0 Å². The minimum Gasteiger partial charge on any atom is -0.454 e. The first kappa shape index (κ1) is 12.1. The Kier molecular flexibility index (Phi) is 2.54. The lowest BCUT2D eigenvalue weighted by molar-refractivity contribution is 0.668. The maximum atomic E-state index is 5.86. The van der Waals surface area contributed by atoms with Gasteiger partial charge in [0.1, 0.15) is 11.1 Å². The molecule has 0 saturated carbocycles. The molecule has 3 aromatic heterocycles. The van der Waals surface area contributed by atoms with E-state index < -0.39 is 0 Å². The lowest BCUT2D eigenvalue weighted by Gasteiger charge is -2.05. The van der Waals surface area contributed by atoms with Crippen LogP contribution < -0.4 is 0 Å². The third-order valence-electron chi connectivity index (χ3n) is 3.70. The second kappa shape index (κ2) is 4.42. The summed E-state index contributed by atoms with van der Waals surface area (Å²) in [4.78, 5) is 9.27. The largest absolute Gasteiger partial charge is 0.454 e. The van der Waals surface area contributed by atoms with Gasteiger partial charge >= 0.3 is 0 Å². The van der Waals surface area contributed by atoms with Crippen molar-refractivity contribution in [2.45, 2.75) is 13.8 Å². The monoisotopic (exact) mass is 274 g/mol. The molecule has 4 aromatic rings. The van der Waals surface area contributed by atoms with E-state index in [1.54, 1.807) is 0 Å². The molecule has 0 atom stereocenters. The Labute approximate surface area is 122 Å². The summed E-state index contributed by atoms with van der Waals surface area (Å²) in [5.74, 6) is 0. The molecule has 3 nitrogen and oxygen atoms in total. The summed E-state index contributed by atoms with van der Waals surface area (Å²) in [5.41, 5.74) is 6.66. The van der Waals surface area contributed by atoms with Crippen molar-refractivity contribution in [3.8, 4) is 11.4 Å².